The second kappa shape index (κ2) is 6.60. The molecule has 1 aromatic heterocycles. The van der Waals surface area contributed by atoms with Crippen LogP contribution in [0.5, 0.6) is 0 Å². The summed E-state index contributed by atoms with van der Waals surface area (Å²) in [6.45, 7) is 4.84. The van der Waals surface area contributed by atoms with Crippen LogP contribution in [-0.4, -0.2) is 46.0 Å². The lowest BCUT2D eigenvalue weighted by Gasteiger charge is -2.23. The molecule has 2 heterocycles. The van der Waals surface area contributed by atoms with Crippen LogP contribution < -0.4 is 16.6 Å². The fourth-order valence-corrected chi connectivity index (χ4v) is 3.10. The SMILES string of the molecule is CC(CNC(=O)c1ccc2c(=O)n(C)c(=O)[nH]c2c1)N1CCCC1. The molecule has 1 atom stereocenters. The summed E-state index contributed by atoms with van der Waals surface area (Å²) in [5.41, 5.74) is -0.0561. The molecule has 7 nitrogen and oxygen atoms in total. The van der Waals surface area contributed by atoms with E-state index in [1.165, 1.54) is 19.9 Å². The normalized spacial score (nSPS) is 16.4. The maximum atomic E-state index is 12.3. The van der Waals surface area contributed by atoms with Crippen molar-refractivity contribution in [1.82, 2.24) is 19.8 Å². The minimum absolute atomic E-state index is 0.204. The molecule has 1 aromatic carbocycles. The topological polar surface area (TPSA) is 87.2 Å². The highest BCUT2D eigenvalue weighted by atomic mass is 16.2. The number of nitrogens with one attached hydrogen (secondary N) is 2. The molecule has 1 aliphatic rings. The average molecular weight is 330 g/mol. The minimum atomic E-state index is -0.493. The third kappa shape index (κ3) is 3.12. The summed E-state index contributed by atoms with van der Waals surface area (Å²) in [7, 11) is 1.42. The second-order valence-electron chi connectivity index (χ2n) is 6.36. The summed E-state index contributed by atoms with van der Waals surface area (Å²) in [6.07, 6.45) is 2.43. The van der Waals surface area contributed by atoms with E-state index in [4.69, 9.17) is 0 Å². The van der Waals surface area contributed by atoms with Crippen LogP contribution in [0, 0.1) is 0 Å². The molecule has 2 N–H and O–H groups in total. The van der Waals surface area contributed by atoms with Gasteiger partial charge in [-0.05, 0) is 51.1 Å². The van der Waals surface area contributed by atoms with Crippen LogP contribution in [0.3, 0.4) is 0 Å². The predicted molar refractivity (Wildman–Crippen MR) is 92.4 cm³/mol. The molecule has 0 bridgehead atoms. The van der Waals surface area contributed by atoms with Crippen molar-refractivity contribution in [3.05, 3.63) is 44.6 Å². The highest BCUT2D eigenvalue weighted by molar-refractivity contribution is 5.97. The Morgan fingerprint density at radius 2 is 2.00 bits per heavy atom. The quantitative estimate of drug-likeness (QED) is 0.852. The van der Waals surface area contributed by atoms with E-state index in [2.05, 4.69) is 22.1 Å². The van der Waals surface area contributed by atoms with Gasteiger partial charge in [-0.3, -0.25) is 19.1 Å². The van der Waals surface area contributed by atoms with Gasteiger partial charge >= 0.3 is 5.69 Å². The first-order valence-electron chi connectivity index (χ1n) is 8.22. The number of hydrogen-bond donors (Lipinski definition) is 2. The smallest absolute Gasteiger partial charge is 0.328 e. The number of H-pyrrole nitrogens is 1. The predicted octanol–water partition coefficient (Wildman–Crippen LogP) is 0.441. The first-order valence-corrected chi connectivity index (χ1v) is 8.22. The van der Waals surface area contributed by atoms with Gasteiger partial charge in [0.2, 0.25) is 0 Å². The van der Waals surface area contributed by atoms with Gasteiger partial charge in [0.1, 0.15) is 0 Å². The van der Waals surface area contributed by atoms with E-state index in [1.807, 2.05) is 0 Å². The Hall–Kier alpha value is -2.41. The number of benzene rings is 1. The molecule has 128 valence electrons. The maximum absolute atomic E-state index is 12.3. The fraction of sp³-hybridized carbons (Fsp3) is 0.471. The van der Waals surface area contributed by atoms with Crippen molar-refractivity contribution in [2.24, 2.45) is 7.05 Å². The van der Waals surface area contributed by atoms with Crippen molar-refractivity contribution < 1.29 is 4.79 Å². The van der Waals surface area contributed by atoms with Gasteiger partial charge in [-0.25, -0.2) is 4.79 Å². The standard InChI is InChI=1S/C17H22N4O3/c1-11(21-7-3-4-8-21)10-18-15(22)12-5-6-13-14(9-12)19-17(24)20(2)16(13)23/h5-6,9,11H,3-4,7-8,10H2,1-2H3,(H,18,22)(H,19,24). The van der Waals surface area contributed by atoms with Crippen LogP contribution >= 0.6 is 0 Å². The van der Waals surface area contributed by atoms with Crippen LogP contribution in [0.1, 0.15) is 30.1 Å². The largest absolute Gasteiger partial charge is 0.350 e. The van der Waals surface area contributed by atoms with Gasteiger partial charge in [-0.15, -0.1) is 0 Å². The molecule has 1 saturated heterocycles. The molecule has 1 unspecified atom stereocenters. The zero-order chi connectivity index (χ0) is 17.3. The molecule has 24 heavy (non-hydrogen) atoms. The maximum Gasteiger partial charge on any atom is 0.328 e. The second-order valence-corrected chi connectivity index (χ2v) is 6.36. The van der Waals surface area contributed by atoms with Crippen LogP contribution in [0.25, 0.3) is 10.9 Å². The van der Waals surface area contributed by atoms with Gasteiger partial charge in [0, 0.05) is 25.2 Å². The van der Waals surface area contributed by atoms with Crippen LogP contribution in [0.2, 0.25) is 0 Å². The number of aromatic amines is 1. The highest BCUT2D eigenvalue weighted by Gasteiger charge is 2.18. The number of hydrogen-bond acceptors (Lipinski definition) is 4. The van der Waals surface area contributed by atoms with Gasteiger partial charge in [0.05, 0.1) is 10.9 Å². The van der Waals surface area contributed by atoms with Gasteiger partial charge < -0.3 is 10.3 Å². The summed E-state index contributed by atoms with van der Waals surface area (Å²) < 4.78 is 1.01. The van der Waals surface area contributed by atoms with E-state index in [1.54, 1.807) is 18.2 Å². The average Bonchev–Trinajstić information content (AvgIpc) is 3.11. The summed E-state index contributed by atoms with van der Waals surface area (Å²) in [5.74, 6) is -0.204. The molecule has 1 fully saturated rings. The van der Waals surface area contributed by atoms with Gasteiger partial charge in [-0.2, -0.15) is 0 Å². The van der Waals surface area contributed by atoms with Crippen molar-refractivity contribution in [2.45, 2.75) is 25.8 Å². The molecule has 3 rings (SSSR count). The van der Waals surface area contributed by atoms with Crippen molar-refractivity contribution in [3.8, 4) is 0 Å². The van der Waals surface area contributed by atoms with E-state index in [0.717, 1.165) is 17.7 Å². The molecule has 1 amide bonds. The number of carbonyl (C=O) groups is 1. The molecule has 7 heteroatoms. The molecular formula is C17H22N4O3. The number of nitrogens with zero attached hydrogens (tertiary/aromatic N) is 2. The molecular weight excluding hydrogens is 308 g/mol. The minimum Gasteiger partial charge on any atom is -0.350 e. The molecule has 2 aromatic rings. The number of amides is 1. The molecule has 1 aliphatic heterocycles. The first kappa shape index (κ1) is 16.4. The molecule has 0 saturated carbocycles. The Kier molecular flexibility index (Phi) is 4.53. The highest BCUT2D eigenvalue weighted by Crippen LogP contribution is 2.12. The number of rotatable bonds is 4. The monoisotopic (exact) mass is 330 g/mol. The van der Waals surface area contributed by atoms with E-state index in [-0.39, 0.29) is 11.5 Å². The van der Waals surface area contributed by atoms with Gasteiger partial charge in [0.15, 0.2) is 0 Å². The Labute approximate surface area is 139 Å². The fourth-order valence-electron chi connectivity index (χ4n) is 3.10. The number of fused-ring (bicyclic) bond motifs is 1. The van der Waals surface area contributed by atoms with Crippen LogP contribution in [0.15, 0.2) is 27.8 Å². The Morgan fingerprint density at radius 3 is 2.71 bits per heavy atom. The Morgan fingerprint density at radius 1 is 1.29 bits per heavy atom. The lowest BCUT2D eigenvalue weighted by Crippen LogP contribution is -2.40. The number of carbonyl (C=O) groups excluding carboxylic acids is 1. The van der Waals surface area contributed by atoms with E-state index in [9.17, 15) is 14.4 Å². The summed E-state index contributed by atoms with van der Waals surface area (Å²) in [6, 6.07) is 5.03. The van der Waals surface area contributed by atoms with Crippen molar-refractivity contribution >= 4 is 16.8 Å². The third-order valence-corrected chi connectivity index (χ3v) is 4.69. The lowest BCUT2D eigenvalue weighted by atomic mass is 10.1. The zero-order valence-electron chi connectivity index (χ0n) is 14.0. The van der Waals surface area contributed by atoms with Crippen LogP contribution in [-0.2, 0) is 7.05 Å². The first-order chi connectivity index (χ1) is 11.5. The van der Waals surface area contributed by atoms with Crippen molar-refractivity contribution in [3.63, 3.8) is 0 Å². The van der Waals surface area contributed by atoms with E-state index in [0.29, 0.717) is 29.1 Å². The summed E-state index contributed by atoms with van der Waals surface area (Å²) >= 11 is 0. The summed E-state index contributed by atoms with van der Waals surface area (Å²) in [4.78, 5) is 41.1. The number of aromatic nitrogens is 2. The summed E-state index contributed by atoms with van der Waals surface area (Å²) in [5, 5.41) is 3.31. The lowest BCUT2D eigenvalue weighted by molar-refractivity contribution is 0.0940. The zero-order valence-corrected chi connectivity index (χ0v) is 14.0. The van der Waals surface area contributed by atoms with Gasteiger partial charge in [-0.1, -0.05) is 0 Å². The Balaban J connectivity index is 1.76. The van der Waals surface area contributed by atoms with Crippen molar-refractivity contribution in [1.29, 1.82) is 0 Å². The Bertz CT molecular complexity index is 878. The third-order valence-electron chi connectivity index (χ3n) is 4.69. The molecule has 0 aliphatic carbocycles. The molecule has 0 radical (unpaired) electrons. The van der Waals surface area contributed by atoms with E-state index >= 15 is 0 Å². The van der Waals surface area contributed by atoms with E-state index < -0.39 is 5.69 Å². The van der Waals surface area contributed by atoms with Gasteiger partial charge in [0.25, 0.3) is 11.5 Å². The number of likely N-dealkylation sites (tertiary alicyclic amines) is 1. The van der Waals surface area contributed by atoms with Crippen molar-refractivity contribution in [2.75, 3.05) is 19.6 Å². The van der Waals surface area contributed by atoms with Crippen LogP contribution in [0.4, 0.5) is 0 Å². The molecule has 0 spiro atoms.